The van der Waals surface area contributed by atoms with Crippen molar-refractivity contribution in [3.8, 4) is 0 Å². The number of aromatic amines is 1. The largest absolute Gasteiger partial charge is 0.343 e. The fourth-order valence-corrected chi connectivity index (χ4v) is 3.94. The first-order chi connectivity index (χ1) is 11.6. The molecule has 4 rings (SSSR count). The maximum atomic E-state index is 13.3. The van der Waals surface area contributed by atoms with E-state index >= 15 is 0 Å². The van der Waals surface area contributed by atoms with E-state index < -0.39 is 0 Å². The predicted molar refractivity (Wildman–Crippen MR) is 85.2 cm³/mol. The summed E-state index contributed by atoms with van der Waals surface area (Å²) in [5.41, 5.74) is 1.72. The Kier molecular flexibility index (Phi) is 3.70. The van der Waals surface area contributed by atoms with Crippen LogP contribution in [0.3, 0.4) is 0 Å². The van der Waals surface area contributed by atoms with Crippen molar-refractivity contribution in [1.82, 2.24) is 19.7 Å². The van der Waals surface area contributed by atoms with E-state index in [4.69, 9.17) is 0 Å². The van der Waals surface area contributed by atoms with Gasteiger partial charge in [-0.15, -0.1) is 0 Å². The number of H-pyrrole nitrogens is 1. The molecule has 2 heterocycles. The first-order valence-corrected chi connectivity index (χ1v) is 8.32. The van der Waals surface area contributed by atoms with Gasteiger partial charge >= 0.3 is 5.69 Å². The van der Waals surface area contributed by atoms with Crippen LogP contribution in [0.1, 0.15) is 42.3 Å². The quantitative estimate of drug-likeness (QED) is 0.909. The number of aromatic nitrogens is 3. The Morgan fingerprint density at radius 2 is 2.04 bits per heavy atom. The minimum Gasteiger partial charge on any atom is -0.342 e. The van der Waals surface area contributed by atoms with Gasteiger partial charge in [0.2, 0.25) is 5.91 Å². The van der Waals surface area contributed by atoms with Gasteiger partial charge in [0.05, 0.1) is 5.92 Å². The number of rotatable bonds is 2. The molecule has 0 bridgehead atoms. The summed E-state index contributed by atoms with van der Waals surface area (Å²) >= 11 is 0. The Labute approximate surface area is 138 Å². The van der Waals surface area contributed by atoms with Crippen molar-refractivity contribution in [2.24, 2.45) is 0 Å². The minimum atomic E-state index is -0.242. The van der Waals surface area contributed by atoms with E-state index in [2.05, 4.69) is 10.2 Å². The molecule has 1 amide bonds. The Balaban J connectivity index is 1.44. The number of fused-ring (bicyclic) bond motifs is 1. The second-order valence-electron chi connectivity index (χ2n) is 6.56. The minimum absolute atomic E-state index is 0.0882. The van der Waals surface area contributed by atoms with Crippen molar-refractivity contribution in [3.63, 3.8) is 0 Å². The number of hydrogen-bond acceptors (Lipinski definition) is 3. The summed E-state index contributed by atoms with van der Waals surface area (Å²) in [6, 6.07) is 4.81. The average Bonchev–Trinajstić information content (AvgIpc) is 3.20. The van der Waals surface area contributed by atoms with Gasteiger partial charge in [0, 0.05) is 19.1 Å². The van der Waals surface area contributed by atoms with Crippen molar-refractivity contribution in [2.75, 3.05) is 13.1 Å². The predicted octanol–water partition coefficient (Wildman–Crippen LogP) is 1.60. The molecule has 1 aromatic carbocycles. The monoisotopic (exact) mass is 330 g/mol. The van der Waals surface area contributed by atoms with Crippen molar-refractivity contribution in [2.45, 2.75) is 37.6 Å². The Hall–Kier alpha value is -2.44. The molecule has 1 aromatic heterocycles. The van der Waals surface area contributed by atoms with Crippen LogP contribution in [0.15, 0.2) is 29.3 Å². The van der Waals surface area contributed by atoms with Crippen LogP contribution in [-0.4, -0.2) is 38.7 Å². The number of benzene rings is 1. The molecule has 0 spiro atoms. The number of aryl methyl sites for hydroxylation is 1. The van der Waals surface area contributed by atoms with Crippen LogP contribution in [0.25, 0.3) is 0 Å². The molecule has 1 saturated heterocycles. The molecule has 2 aliphatic rings. The molecule has 1 fully saturated rings. The molecule has 126 valence electrons. The van der Waals surface area contributed by atoms with E-state index in [1.165, 1.54) is 12.4 Å². The lowest BCUT2D eigenvalue weighted by atomic mass is 9.97. The first-order valence-electron chi connectivity index (χ1n) is 8.32. The highest BCUT2D eigenvalue weighted by Crippen LogP contribution is 2.35. The zero-order valence-electron chi connectivity index (χ0n) is 13.2. The Morgan fingerprint density at radius 1 is 1.25 bits per heavy atom. The molecule has 2 aromatic rings. The van der Waals surface area contributed by atoms with Gasteiger partial charge in [-0.25, -0.2) is 14.3 Å². The van der Waals surface area contributed by atoms with Crippen molar-refractivity contribution in [3.05, 3.63) is 52.0 Å². The average molecular weight is 330 g/mol. The van der Waals surface area contributed by atoms with Crippen LogP contribution in [0, 0.1) is 5.82 Å². The lowest BCUT2D eigenvalue weighted by Crippen LogP contribution is -2.42. The van der Waals surface area contributed by atoms with Gasteiger partial charge in [-0.1, -0.05) is 6.07 Å². The standard InChI is InChI=1S/C17H19FN4O2/c18-12-2-4-14-11(9-12)1-3-15(14)16(23)21-7-5-13(6-8-21)22-10-19-20-17(22)24/h2,4,9-10,13,15H,1,3,5-8H2,(H,20,24). The van der Waals surface area contributed by atoms with E-state index in [1.54, 1.807) is 16.7 Å². The fraction of sp³-hybridized carbons (Fsp3) is 0.471. The highest BCUT2D eigenvalue weighted by molar-refractivity contribution is 5.85. The van der Waals surface area contributed by atoms with Crippen molar-refractivity contribution >= 4 is 5.91 Å². The zero-order valence-corrected chi connectivity index (χ0v) is 13.2. The van der Waals surface area contributed by atoms with Gasteiger partial charge in [-0.05, 0) is 48.9 Å². The molecule has 7 heteroatoms. The Bertz CT molecular complexity index is 820. The zero-order chi connectivity index (χ0) is 16.7. The van der Waals surface area contributed by atoms with Gasteiger partial charge in [0.15, 0.2) is 0 Å². The second kappa shape index (κ2) is 5.89. The third-order valence-electron chi connectivity index (χ3n) is 5.23. The van der Waals surface area contributed by atoms with Gasteiger partial charge in [-0.3, -0.25) is 9.36 Å². The summed E-state index contributed by atoms with van der Waals surface area (Å²) in [5.74, 6) is -0.277. The maximum absolute atomic E-state index is 13.3. The van der Waals surface area contributed by atoms with E-state index in [9.17, 15) is 14.0 Å². The van der Waals surface area contributed by atoms with Crippen LogP contribution in [-0.2, 0) is 11.2 Å². The SMILES string of the molecule is O=C(C1CCc2cc(F)ccc21)N1CCC(n2cn[nH]c2=O)CC1. The van der Waals surface area contributed by atoms with E-state index in [0.717, 1.165) is 36.8 Å². The van der Waals surface area contributed by atoms with Gasteiger partial charge < -0.3 is 4.90 Å². The van der Waals surface area contributed by atoms with Crippen molar-refractivity contribution < 1.29 is 9.18 Å². The topological polar surface area (TPSA) is 71.0 Å². The van der Waals surface area contributed by atoms with Crippen LogP contribution in [0.5, 0.6) is 0 Å². The highest BCUT2D eigenvalue weighted by atomic mass is 19.1. The lowest BCUT2D eigenvalue weighted by Gasteiger charge is -2.33. The molecule has 1 N–H and O–H groups in total. The second-order valence-corrected chi connectivity index (χ2v) is 6.56. The van der Waals surface area contributed by atoms with E-state index in [-0.39, 0.29) is 29.4 Å². The molecular formula is C17H19FN4O2. The maximum Gasteiger partial charge on any atom is 0.343 e. The number of nitrogens with one attached hydrogen (secondary N) is 1. The molecule has 1 unspecified atom stereocenters. The molecule has 6 nitrogen and oxygen atoms in total. The van der Waals surface area contributed by atoms with E-state index in [1.807, 2.05) is 4.90 Å². The van der Waals surface area contributed by atoms with Gasteiger partial charge in [0.1, 0.15) is 12.1 Å². The summed E-state index contributed by atoms with van der Waals surface area (Å²) in [4.78, 5) is 26.4. The fourth-order valence-electron chi connectivity index (χ4n) is 3.94. The first kappa shape index (κ1) is 15.1. The molecule has 0 saturated carbocycles. The summed E-state index contributed by atoms with van der Waals surface area (Å²) in [6.07, 6.45) is 4.51. The molecule has 1 atom stereocenters. The van der Waals surface area contributed by atoms with Crippen molar-refractivity contribution in [1.29, 1.82) is 0 Å². The number of carbonyl (C=O) groups excluding carboxylic acids is 1. The highest BCUT2D eigenvalue weighted by Gasteiger charge is 2.34. The van der Waals surface area contributed by atoms with Crippen LogP contribution >= 0.6 is 0 Å². The van der Waals surface area contributed by atoms with Gasteiger partial charge in [0.25, 0.3) is 0 Å². The molecule has 0 radical (unpaired) electrons. The number of hydrogen-bond donors (Lipinski definition) is 1. The number of amides is 1. The summed E-state index contributed by atoms with van der Waals surface area (Å²) in [6.45, 7) is 1.27. The lowest BCUT2D eigenvalue weighted by molar-refractivity contribution is -0.134. The number of piperidine rings is 1. The molecule has 1 aliphatic heterocycles. The number of halogens is 1. The smallest absolute Gasteiger partial charge is 0.342 e. The van der Waals surface area contributed by atoms with E-state index in [0.29, 0.717) is 13.1 Å². The number of likely N-dealkylation sites (tertiary alicyclic amines) is 1. The normalized spacial score (nSPS) is 21.0. The molecule has 24 heavy (non-hydrogen) atoms. The third-order valence-corrected chi connectivity index (χ3v) is 5.23. The molecule has 1 aliphatic carbocycles. The van der Waals surface area contributed by atoms with Crippen LogP contribution < -0.4 is 5.69 Å². The Morgan fingerprint density at radius 3 is 2.75 bits per heavy atom. The number of carbonyl (C=O) groups is 1. The number of nitrogens with zero attached hydrogens (tertiary/aromatic N) is 3. The van der Waals surface area contributed by atoms with Gasteiger partial charge in [-0.2, -0.15) is 5.10 Å². The van der Waals surface area contributed by atoms with Crippen LogP contribution in [0.4, 0.5) is 4.39 Å². The summed E-state index contributed by atoms with van der Waals surface area (Å²) in [5, 5.41) is 6.17. The third kappa shape index (κ3) is 2.53. The van der Waals surface area contributed by atoms with Crippen LogP contribution in [0.2, 0.25) is 0 Å². The summed E-state index contributed by atoms with van der Waals surface area (Å²) < 4.78 is 14.9. The molecular weight excluding hydrogens is 311 g/mol. The summed E-state index contributed by atoms with van der Waals surface area (Å²) in [7, 11) is 0.